The molecule has 0 radical (unpaired) electrons. The SMILES string of the molecule is COc1cccc(CC(=O)N2CCc3ccc(Nc4nc(C)nc5c4cnn5C)cc32)c1. The molecule has 162 valence electrons. The van der Waals surface area contributed by atoms with E-state index in [1.54, 1.807) is 18.0 Å². The van der Waals surface area contributed by atoms with Crippen molar-refractivity contribution in [3.63, 3.8) is 0 Å². The maximum absolute atomic E-state index is 13.1. The summed E-state index contributed by atoms with van der Waals surface area (Å²) in [5.41, 5.74) is 4.69. The van der Waals surface area contributed by atoms with Crippen LogP contribution in [0, 0.1) is 6.92 Å². The van der Waals surface area contributed by atoms with Crippen molar-refractivity contribution >= 4 is 34.1 Å². The van der Waals surface area contributed by atoms with Crippen LogP contribution in [0.15, 0.2) is 48.7 Å². The molecule has 1 N–H and O–H groups in total. The normalized spacial score (nSPS) is 12.8. The minimum Gasteiger partial charge on any atom is -0.497 e. The molecule has 2 aromatic heterocycles. The highest BCUT2D eigenvalue weighted by Crippen LogP contribution is 2.33. The van der Waals surface area contributed by atoms with Crippen molar-refractivity contribution in [3.05, 3.63) is 65.6 Å². The van der Waals surface area contributed by atoms with Crippen LogP contribution in [-0.2, 0) is 24.7 Å². The summed E-state index contributed by atoms with van der Waals surface area (Å²) in [5.74, 6) is 2.19. The molecule has 32 heavy (non-hydrogen) atoms. The molecule has 8 nitrogen and oxygen atoms in total. The number of rotatable bonds is 5. The molecule has 0 saturated carbocycles. The largest absolute Gasteiger partial charge is 0.497 e. The number of carbonyl (C=O) groups is 1. The van der Waals surface area contributed by atoms with Crippen molar-refractivity contribution in [2.45, 2.75) is 19.8 Å². The van der Waals surface area contributed by atoms with Gasteiger partial charge in [0.15, 0.2) is 5.65 Å². The van der Waals surface area contributed by atoms with Gasteiger partial charge in [0.2, 0.25) is 5.91 Å². The standard InChI is InChI=1S/C24H24N6O2/c1-15-26-23(20-14-25-29(2)24(20)27-15)28-18-8-7-17-9-10-30(21(17)13-18)22(31)12-16-5-4-6-19(11-16)32-3/h4-8,11,13-14H,9-10,12H2,1-3H3,(H,26,27,28). The van der Waals surface area contributed by atoms with E-state index in [1.165, 1.54) is 5.56 Å². The fourth-order valence-corrected chi connectivity index (χ4v) is 4.13. The quantitative estimate of drug-likeness (QED) is 0.523. The van der Waals surface area contributed by atoms with Gasteiger partial charge >= 0.3 is 0 Å². The number of methoxy groups -OCH3 is 1. The Bertz CT molecular complexity index is 1330. The molecule has 1 aliphatic heterocycles. The number of anilines is 3. The second-order valence-electron chi connectivity index (χ2n) is 7.92. The van der Waals surface area contributed by atoms with E-state index in [2.05, 4.69) is 26.4 Å². The van der Waals surface area contributed by atoms with Crippen LogP contribution in [0.2, 0.25) is 0 Å². The van der Waals surface area contributed by atoms with Gasteiger partial charge in [0.05, 0.1) is 25.1 Å². The number of nitrogens with zero attached hydrogens (tertiary/aromatic N) is 5. The second kappa shape index (κ2) is 7.96. The Labute approximate surface area is 185 Å². The van der Waals surface area contributed by atoms with Crippen LogP contribution in [0.4, 0.5) is 17.2 Å². The van der Waals surface area contributed by atoms with E-state index in [1.807, 2.05) is 55.3 Å². The van der Waals surface area contributed by atoms with Crippen LogP contribution in [0.3, 0.4) is 0 Å². The average molecular weight is 428 g/mol. The molecule has 0 saturated heterocycles. The molecule has 3 heterocycles. The van der Waals surface area contributed by atoms with Crippen molar-refractivity contribution in [1.29, 1.82) is 0 Å². The summed E-state index contributed by atoms with van der Waals surface area (Å²) >= 11 is 0. The maximum atomic E-state index is 13.1. The molecule has 0 bridgehead atoms. The first-order valence-electron chi connectivity index (χ1n) is 10.5. The first-order chi connectivity index (χ1) is 15.5. The predicted molar refractivity (Wildman–Crippen MR) is 124 cm³/mol. The number of amides is 1. The molecule has 1 aliphatic rings. The smallest absolute Gasteiger partial charge is 0.231 e. The van der Waals surface area contributed by atoms with Gasteiger partial charge in [-0.3, -0.25) is 9.48 Å². The zero-order valence-electron chi connectivity index (χ0n) is 18.3. The highest BCUT2D eigenvalue weighted by Gasteiger charge is 2.25. The Morgan fingerprint density at radius 1 is 1.19 bits per heavy atom. The number of fused-ring (bicyclic) bond motifs is 2. The van der Waals surface area contributed by atoms with Gasteiger partial charge in [-0.2, -0.15) is 5.10 Å². The monoisotopic (exact) mass is 428 g/mol. The first-order valence-corrected chi connectivity index (χ1v) is 10.5. The Balaban J connectivity index is 1.41. The lowest BCUT2D eigenvalue weighted by Gasteiger charge is -2.19. The molecule has 0 spiro atoms. The van der Waals surface area contributed by atoms with Crippen LogP contribution in [-0.4, -0.2) is 39.3 Å². The van der Waals surface area contributed by atoms with Gasteiger partial charge in [-0.15, -0.1) is 0 Å². The van der Waals surface area contributed by atoms with Gasteiger partial charge in [0, 0.05) is 25.0 Å². The Kier molecular flexibility index (Phi) is 4.97. The van der Waals surface area contributed by atoms with Crippen molar-refractivity contribution in [2.75, 3.05) is 23.9 Å². The van der Waals surface area contributed by atoms with E-state index in [4.69, 9.17) is 4.74 Å². The average Bonchev–Trinajstić information content (AvgIpc) is 3.37. The van der Waals surface area contributed by atoms with Crippen molar-refractivity contribution in [3.8, 4) is 5.75 Å². The van der Waals surface area contributed by atoms with Crippen LogP contribution in [0.5, 0.6) is 5.75 Å². The topological polar surface area (TPSA) is 85.2 Å². The van der Waals surface area contributed by atoms with Crippen molar-refractivity contribution < 1.29 is 9.53 Å². The van der Waals surface area contributed by atoms with Crippen LogP contribution in [0.1, 0.15) is 17.0 Å². The van der Waals surface area contributed by atoms with Crippen molar-refractivity contribution in [1.82, 2.24) is 19.7 Å². The maximum Gasteiger partial charge on any atom is 0.231 e. The van der Waals surface area contributed by atoms with Crippen LogP contribution >= 0.6 is 0 Å². The third-order valence-corrected chi connectivity index (χ3v) is 5.74. The summed E-state index contributed by atoms with van der Waals surface area (Å²) in [4.78, 5) is 24.0. The number of carbonyl (C=O) groups excluding carboxylic acids is 1. The van der Waals surface area contributed by atoms with E-state index < -0.39 is 0 Å². The lowest BCUT2D eigenvalue weighted by Crippen LogP contribution is -2.30. The summed E-state index contributed by atoms with van der Waals surface area (Å²) in [7, 11) is 3.49. The lowest BCUT2D eigenvalue weighted by molar-refractivity contribution is -0.117. The molecule has 0 aliphatic carbocycles. The highest BCUT2D eigenvalue weighted by molar-refractivity contribution is 5.97. The van der Waals surface area contributed by atoms with E-state index in [-0.39, 0.29) is 5.91 Å². The summed E-state index contributed by atoms with van der Waals surface area (Å²) < 4.78 is 7.01. The van der Waals surface area contributed by atoms with Gasteiger partial charge in [-0.05, 0) is 48.7 Å². The Hall–Kier alpha value is -3.94. The minimum absolute atomic E-state index is 0.0710. The molecule has 1 amide bonds. The molecule has 0 fully saturated rings. The van der Waals surface area contributed by atoms with Gasteiger partial charge in [0.1, 0.15) is 17.4 Å². The summed E-state index contributed by atoms with van der Waals surface area (Å²) in [5, 5.41) is 8.54. The number of benzene rings is 2. The Morgan fingerprint density at radius 3 is 2.91 bits per heavy atom. The molecule has 2 aromatic carbocycles. The number of hydrogen-bond acceptors (Lipinski definition) is 6. The van der Waals surface area contributed by atoms with E-state index in [0.29, 0.717) is 24.6 Å². The number of aromatic nitrogens is 4. The Morgan fingerprint density at radius 2 is 2.06 bits per heavy atom. The molecular weight excluding hydrogens is 404 g/mol. The predicted octanol–water partition coefficient (Wildman–Crippen LogP) is 3.56. The highest BCUT2D eigenvalue weighted by atomic mass is 16.5. The molecule has 0 atom stereocenters. The van der Waals surface area contributed by atoms with Crippen LogP contribution in [0.25, 0.3) is 11.0 Å². The summed E-state index contributed by atoms with van der Waals surface area (Å²) in [6.07, 6.45) is 2.93. The molecule has 0 unspecified atom stereocenters. The zero-order valence-corrected chi connectivity index (χ0v) is 18.3. The number of nitrogens with one attached hydrogen (secondary N) is 1. The van der Waals surface area contributed by atoms with Gasteiger partial charge in [-0.1, -0.05) is 18.2 Å². The summed E-state index contributed by atoms with van der Waals surface area (Å²) in [6, 6.07) is 13.8. The van der Waals surface area contributed by atoms with Gasteiger partial charge in [0.25, 0.3) is 0 Å². The van der Waals surface area contributed by atoms with Crippen LogP contribution < -0.4 is 15.0 Å². The summed E-state index contributed by atoms with van der Waals surface area (Å²) in [6.45, 7) is 2.54. The third-order valence-electron chi connectivity index (χ3n) is 5.74. The first kappa shape index (κ1) is 20.0. The fraction of sp³-hybridized carbons (Fsp3) is 0.250. The van der Waals surface area contributed by atoms with E-state index >= 15 is 0 Å². The van der Waals surface area contributed by atoms with E-state index in [9.17, 15) is 4.79 Å². The zero-order chi connectivity index (χ0) is 22.2. The molecule has 5 rings (SSSR count). The lowest BCUT2D eigenvalue weighted by atomic mass is 10.1. The molecule has 8 heteroatoms. The van der Waals surface area contributed by atoms with Crippen molar-refractivity contribution in [2.24, 2.45) is 7.05 Å². The number of ether oxygens (including phenoxy) is 1. The number of hydrogen-bond donors (Lipinski definition) is 1. The third kappa shape index (κ3) is 3.64. The molecule has 4 aromatic rings. The molecular formula is C24H24N6O2. The fourth-order valence-electron chi connectivity index (χ4n) is 4.13. The van der Waals surface area contributed by atoms with E-state index in [0.717, 1.165) is 40.1 Å². The van der Waals surface area contributed by atoms with Gasteiger partial charge < -0.3 is 15.0 Å². The minimum atomic E-state index is 0.0710. The van der Waals surface area contributed by atoms with Gasteiger partial charge in [-0.25, -0.2) is 9.97 Å². The number of aryl methyl sites for hydroxylation is 2. The second-order valence-corrected chi connectivity index (χ2v) is 7.92.